The van der Waals surface area contributed by atoms with Gasteiger partial charge < -0.3 is 14.8 Å². The smallest absolute Gasteiger partial charge is 0.163 e. The van der Waals surface area contributed by atoms with Crippen molar-refractivity contribution < 1.29 is 9.52 Å². The van der Waals surface area contributed by atoms with Gasteiger partial charge in [0, 0.05) is 6.54 Å². The minimum Gasteiger partial charge on any atom is -0.457 e. The van der Waals surface area contributed by atoms with E-state index in [0.29, 0.717) is 13.1 Å². The lowest BCUT2D eigenvalue weighted by Crippen LogP contribution is -2.16. The molecule has 0 amide bonds. The molecule has 3 aromatic rings. The predicted octanol–water partition coefficient (Wildman–Crippen LogP) is 2.64. The van der Waals surface area contributed by atoms with Crippen LogP contribution in [0.3, 0.4) is 0 Å². The van der Waals surface area contributed by atoms with Gasteiger partial charge in [0.25, 0.3) is 0 Å². The van der Waals surface area contributed by atoms with Crippen molar-refractivity contribution in [2.24, 2.45) is 0 Å². The maximum Gasteiger partial charge on any atom is 0.163 e. The summed E-state index contributed by atoms with van der Waals surface area (Å²) < 4.78 is 6.91. The highest BCUT2D eigenvalue weighted by Crippen LogP contribution is 2.30. The summed E-state index contributed by atoms with van der Waals surface area (Å²) in [6.45, 7) is 1.31. The van der Waals surface area contributed by atoms with E-state index in [9.17, 15) is 0 Å². The van der Waals surface area contributed by atoms with Crippen LogP contribution in [0.2, 0.25) is 0 Å². The van der Waals surface area contributed by atoms with Crippen LogP contribution in [0.25, 0.3) is 21.0 Å². The van der Waals surface area contributed by atoms with Crippen LogP contribution >= 0.6 is 11.3 Å². The third-order valence-corrected chi connectivity index (χ3v) is 3.81. The van der Waals surface area contributed by atoms with E-state index in [0.717, 1.165) is 26.7 Å². The van der Waals surface area contributed by atoms with Gasteiger partial charge in [0.1, 0.15) is 5.76 Å². The third kappa shape index (κ3) is 2.68. The van der Waals surface area contributed by atoms with Crippen molar-refractivity contribution in [3.05, 3.63) is 42.2 Å². The molecular formula is C14H14N2O2S. The number of hydrogen-bond donors (Lipinski definition) is 2. The zero-order chi connectivity index (χ0) is 13.1. The van der Waals surface area contributed by atoms with Crippen LogP contribution in [-0.2, 0) is 6.54 Å². The molecule has 2 N–H and O–H groups in total. The molecule has 4 nitrogen and oxygen atoms in total. The number of benzene rings is 1. The van der Waals surface area contributed by atoms with Crippen molar-refractivity contribution in [2.75, 3.05) is 13.2 Å². The minimum atomic E-state index is 0.130. The first-order valence-corrected chi connectivity index (χ1v) is 6.95. The molecular weight excluding hydrogens is 260 g/mol. The fraction of sp³-hybridized carbons (Fsp3) is 0.214. The topological polar surface area (TPSA) is 58.3 Å². The number of para-hydroxylation sites is 1. The van der Waals surface area contributed by atoms with Crippen LogP contribution in [0.5, 0.6) is 0 Å². The highest BCUT2D eigenvalue weighted by molar-refractivity contribution is 7.21. The van der Waals surface area contributed by atoms with Crippen LogP contribution in [0, 0.1) is 0 Å². The fourth-order valence-electron chi connectivity index (χ4n) is 1.86. The normalized spacial score (nSPS) is 11.2. The van der Waals surface area contributed by atoms with Crippen molar-refractivity contribution in [2.45, 2.75) is 6.54 Å². The number of nitrogens with zero attached hydrogens (tertiary/aromatic N) is 1. The molecule has 0 bridgehead atoms. The van der Waals surface area contributed by atoms with Crippen LogP contribution in [0.15, 0.2) is 40.8 Å². The number of furan rings is 1. The average Bonchev–Trinajstić information content (AvgIpc) is 3.04. The summed E-state index contributed by atoms with van der Waals surface area (Å²) in [5, 5.41) is 12.7. The largest absolute Gasteiger partial charge is 0.457 e. The second-order valence-electron chi connectivity index (χ2n) is 4.15. The second kappa shape index (κ2) is 5.52. The molecule has 3 rings (SSSR count). The Hall–Kier alpha value is -1.69. The minimum absolute atomic E-state index is 0.130. The Balaban J connectivity index is 1.81. The number of aromatic nitrogens is 1. The summed E-state index contributed by atoms with van der Waals surface area (Å²) in [7, 11) is 0. The molecule has 0 aliphatic carbocycles. The van der Waals surface area contributed by atoms with Crippen LogP contribution in [0.1, 0.15) is 5.76 Å². The average molecular weight is 274 g/mol. The highest BCUT2D eigenvalue weighted by atomic mass is 32.1. The molecule has 0 saturated heterocycles. The Labute approximate surface area is 114 Å². The van der Waals surface area contributed by atoms with Crippen molar-refractivity contribution in [1.29, 1.82) is 0 Å². The quantitative estimate of drug-likeness (QED) is 0.702. The first-order chi connectivity index (χ1) is 9.36. The molecule has 0 fully saturated rings. The third-order valence-electron chi connectivity index (χ3n) is 2.75. The number of hydrogen-bond acceptors (Lipinski definition) is 5. The number of aliphatic hydroxyl groups excluding tert-OH is 1. The Morgan fingerprint density at radius 2 is 2.11 bits per heavy atom. The van der Waals surface area contributed by atoms with Gasteiger partial charge in [0.2, 0.25) is 0 Å². The van der Waals surface area contributed by atoms with Crippen molar-refractivity contribution in [3.63, 3.8) is 0 Å². The van der Waals surface area contributed by atoms with E-state index in [2.05, 4.69) is 16.4 Å². The van der Waals surface area contributed by atoms with Gasteiger partial charge in [-0.2, -0.15) is 0 Å². The molecule has 0 unspecified atom stereocenters. The van der Waals surface area contributed by atoms with E-state index in [1.54, 1.807) is 11.3 Å². The molecule has 0 aliphatic heterocycles. The molecule has 0 aliphatic rings. The first kappa shape index (κ1) is 12.3. The molecule has 5 heteroatoms. The summed E-state index contributed by atoms with van der Waals surface area (Å²) in [5.74, 6) is 1.64. The van der Waals surface area contributed by atoms with Crippen molar-refractivity contribution in [1.82, 2.24) is 10.3 Å². The van der Waals surface area contributed by atoms with Crippen LogP contribution < -0.4 is 5.32 Å². The molecule has 19 heavy (non-hydrogen) atoms. The number of nitrogens with one attached hydrogen (secondary N) is 1. The van der Waals surface area contributed by atoms with E-state index in [4.69, 9.17) is 9.52 Å². The zero-order valence-electron chi connectivity index (χ0n) is 10.3. The second-order valence-corrected chi connectivity index (χ2v) is 5.18. The lowest BCUT2D eigenvalue weighted by molar-refractivity contribution is 0.290. The molecule has 0 saturated carbocycles. The number of fused-ring (bicyclic) bond motifs is 1. The first-order valence-electron chi connectivity index (χ1n) is 6.13. The maximum atomic E-state index is 8.71. The Morgan fingerprint density at radius 1 is 1.21 bits per heavy atom. The lowest BCUT2D eigenvalue weighted by atomic mass is 10.3. The summed E-state index contributed by atoms with van der Waals surface area (Å²) >= 11 is 1.63. The molecule has 1 aromatic carbocycles. The van der Waals surface area contributed by atoms with Gasteiger partial charge in [-0.3, -0.25) is 0 Å². The van der Waals surface area contributed by atoms with E-state index < -0.39 is 0 Å². The lowest BCUT2D eigenvalue weighted by Gasteiger charge is -1.98. The van der Waals surface area contributed by atoms with Gasteiger partial charge in [-0.15, -0.1) is 11.3 Å². The summed E-state index contributed by atoms with van der Waals surface area (Å²) in [6.07, 6.45) is 0. The van der Waals surface area contributed by atoms with Gasteiger partial charge in [-0.1, -0.05) is 12.1 Å². The van der Waals surface area contributed by atoms with Crippen molar-refractivity contribution in [3.8, 4) is 10.8 Å². The van der Waals surface area contributed by atoms with E-state index in [1.807, 2.05) is 30.3 Å². The Bertz CT molecular complexity index is 642. The van der Waals surface area contributed by atoms with Gasteiger partial charge in [-0.25, -0.2) is 4.98 Å². The van der Waals surface area contributed by atoms with E-state index >= 15 is 0 Å². The summed E-state index contributed by atoms with van der Waals surface area (Å²) in [5.41, 5.74) is 0.999. The zero-order valence-corrected chi connectivity index (χ0v) is 11.1. The van der Waals surface area contributed by atoms with E-state index in [-0.39, 0.29) is 6.61 Å². The Morgan fingerprint density at radius 3 is 2.95 bits per heavy atom. The van der Waals surface area contributed by atoms with Gasteiger partial charge in [0.15, 0.2) is 10.8 Å². The number of rotatable bonds is 5. The predicted molar refractivity (Wildman–Crippen MR) is 76.1 cm³/mol. The van der Waals surface area contributed by atoms with Gasteiger partial charge in [0.05, 0.1) is 23.4 Å². The summed E-state index contributed by atoms with van der Waals surface area (Å²) in [6, 6.07) is 11.9. The van der Waals surface area contributed by atoms with Gasteiger partial charge >= 0.3 is 0 Å². The van der Waals surface area contributed by atoms with E-state index in [1.165, 1.54) is 0 Å². The molecule has 2 aromatic heterocycles. The van der Waals surface area contributed by atoms with Crippen molar-refractivity contribution >= 4 is 21.6 Å². The van der Waals surface area contributed by atoms with Gasteiger partial charge in [-0.05, 0) is 24.3 Å². The number of thiazole rings is 1. The standard InChI is InChI=1S/C14H14N2O2S/c17-8-7-15-9-10-5-6-12(18-10)14-16-11-3-1-2-4-13(11)19-14/h1-6,15,17H,7-9H2. The Kier molecular flexibility index (Phi) is 3.59. The summed E-state index contributed by atoms with van der Waals surface area (Å²) in [4.78, 5) is 4.56. The highest BCUT2D eigenvalue weighted by Gasteiger charge is 2.09. The van der Waals surface area contributed by atoms with Crippen LogP contribution in [-0.4, -0.2) is 23.2 Å². The molecule has 0 spiro atoms. The molecule has 0 radical (unpaired) electrons. The fourth-order valence-corrected chi connectivity index (χ4v) is 2.78. The SMILES string of the molecule is OCCNCc1ccc(-c2nc3ccccc3s2)o1. The molecule has 0 atom stereocenters. The maximum absolute atomic E-state index is 8.71. The molecule has 98 valence electrons. The monoisotopic (exact) mass is 274 g/mol. The van der Waals surface area contributed by atoms with Crippen LogP contribution in [0.4, 0.5) is 0 Å². The number of aliphatic hydroxyl groups is 1. The molecule has 2 heterocycles.